The van der Waals surface area contributed by atoms with Gasteiger partial charge in [-0.25, -0.2) is 0 Å². The van der Waals surface area contributed by atoms with E-state index in [1.165, 1.54) is 0 Å². The van der Waals surface area contributed by atoms with Crippen LogP contribution >= 0.6 is 11.8 Å². The Bertz CT molecular complexity index is 286. The quantitative estimate of drug-likeness (QED) is 0.533. The molecule has 0 atom stereocenters. The molecular weight excluding hydrogens is 196 g/mol. The summed E-state index contributed by atoms with van der Waals surface area (Å²) < 4.78 is 5.48. The van der Waals surface area contributed by atoms with Gasteiger partial charge in [0.05, 0.1) is 6.61 Å². The van der Waals surface area contributed by atoms with Crippen LogP contribution in [0, 0.1) is 0 Å². The van der Waals surface area contributed by atoms with Crippen molar-refractivity contribution in [3.05, 3.63) is 29.8 Å². The van der Waals surface area contributed by atoms with Crippen LogP contribution in [0.3, 0.4) is 0 Å². The summed E-state index contributed by atoms with van der Waals surface area (Å²) in [5.74, 6) is 1.88. The SMILES string of the molecule is CSCCCOc1cccc(C=O)c1. The maximum atomic E-state index is 10.5. The van der Waals surface area contributed by atoms with Crippen molar-refractivity contribution in [1.29, 1.82) is 0 Å². The van der Waals surface area contributed by atoms with Gasteiger partial charge < -0.3 is 4.74 Å². The Labute approximate surface area is 88.7 Å². The third-order valence-electron chi connectivity index (χ3n) is 1.76. The van der Waals surface area contributed by atoms with Crippen LogP contribution in [0.4, 0.5) is 0 Å². The summed E-state index contributed by atoms with van der Waals surface area (Å²) in [5, 5.41) is 0. The molecule has 1 aromatic carbocycles. The minimum atomic E-state index is 0.660. The minimum absolute atomic E-state index is 0.660. The van der Waals surface area contributed by atoms with Crippen LogP contribution in [0.1, 0.15) is 16.8 Å². The molecule has 0 aromatic heterocycles. The fourth-order valence-corrected chi connectivity index (χ4v) is 1.48. The standard InChI is InChI=1S/C11H14O2S/c1-14-7-3-6-13-11-5-2-4-10(8-11)9-12/h2,4-5,8-9H,3,6-7H2,1H3. The van der Waals surface area contributed by atoms with Gasteiger partial charge in [-0.05, 0) is 30.6 Å². The van der Waals surface area contributed by atoms with E-state index in [-0.39, 0.29) is 0 Å². The number of hydrogen-bond donors (Lipinski definition) is 0. The van der Waals surface area contributed by atoms with Crippen molar-refractivity contribution in [2.75, 3.05) is 18.6 Å². The Hall–Kier alpha value is -0.960. The van der Waals surface area contributed by atoms with Crippen LogP contribution < -0.4 is 4.74 Å². The molecule has 0 aliphatic heterocycles. The molecule has 0 heterocycles. The normalized spacial score (nSPS) is 9.79. The molecule has 0 fully saturated rings. The fraction of sp³-hybridized carbons (Fsp3) is 0.364. The Balaban J connectivity index is 2.38. The summed E-state index contributed by atoms with van der Waals surface area (Å²) >= 11 is 1.81. The predicted molar refractivity (Wildman–Crippen MR) is 60.3 cm³/mol. The summed E-state index contributed by atoms with van der Waals surface area (Å²) in [5.41, 5.74) is 0.660. The molecule has 0 N–H and O–H groups in total. The first-order chi connectivity index (χ1) is 6.86. The van der Waals surface area contributed by atoms with E-state index < -0.39 is 0 Å². The van der Waals surface area contributed by atoms with E-state index in [0.717, 1.165) is 24.2 Å². The van der Waals surface area contributed by atoms with Crippen LogP contribution in [-0.4, -0.2) is 24.9 Å². The van der Waals surface area contributed by atoms with Crippen molar-refractivity contribution in [2.24, 2.45) is 0 Å². The van der Waals surface area contributed by atoms with Crippen molar-refractivity contribution in [3.8, 4) is 5.75 Å². The van der Waals surface area contributed by atoms with Crippen LogP contribution in [0.25, 0.3) is 0 Å². The zero-order chi connectivity index (χ0) is 10.2. The number of aldehydes is 1. The highest BCUT2D eigenvalue weighted by atomic mass is 32.2. The Morgan fingerprint density at radius 2 is 2.36 bits per heavy atom. The first-order valence-electron chi connectivity index (χ1n) is 4.54. The Morgan fingerprint density at radius 3 is 3.07 bits per heavy atom. The number of thioether (sulfide) groups is 1. The summed E-state index contributed by atoms with van der Waals surface area (Å²) in [6.45, 7) is 0.711. The lowest BCUT2D eigenvalue weighted by Crippen LogP contribution is -1.98. The van der Waals surface area contributed by atoms with Gasteiger partial charge in [0.2, 0.25) is 0 Å². The monoisotopic (exact) mass is 210 g/mol. The van der Waals surface area contributed by atoms with Gasteiger partial charge in [0.15, 0.2) is 0 Å². The number of hydrogen-bond acceptors (Lipinski definition) is 3. The highest BCUT2D eigenvalue weighted by Gasteiger charge is 1.95. The van der Waals surface area contributed by atoms with E-state index >= 15 is 0 Å². The van der Waals surface area contributed by atoms with Gasteiger partial charge in [0.1, 0.15) is 12.0 Å². The molecule has 0 aliphatic rings. The van der Waals surface area contributed by atoms with Crippen LogP contribution in [0.2, 0.25) is 0 Å². The lowest BCUT2D eigenvalue weighted by atomic mass is 10.2. The molecule has 2 nitrogen and oxygen atoms in total. The first kappa shape index (κ1) is 11.1. The van der Waals surface area contributed by atoms with Crippen molar-refractivity contribution < 1.29 is 9.53 Å². The van der Waals surface area contributed by atoms with E-state index in [4.69, 9.17) is 4.74 Å². The second-order valence-electron chi connectivity index (χ2n) is 2.89. The van der Waals surface area contributed by atoms with Gasteiger partial charge in [-0.1, -0.05) is 12.1 Å². The lowest BCUT2D eigenvalue weighted by Gasteiger charge is -2.05. The first-order valence-corrected chi connectivity index (χ1v) is 5.93. The van der Waals surface area contributed by atoms with E-state index in [1.54, 1.807) is 12.1 Å². The minimum Gasteiger partial charge on any atom is -0.494 e. The molecule has 0 saturated heterocycles. The zero-order valence-electron chi connectivity index (χ0n) is 8.23. The van der Waals surface area contributed by atoms with Crippen LogP contribution in [-0.2, 0) is 0 Å². The number of carbonyl (C=O) groups excluding carboxylic acids is 1. The molecule has 0 aliphatic carbocycles. The zero-order valence-corrected chi connectivity index (χ0v) is 9.05. The third kappa shape index (κ3) is 3.83. The second kappa shape index (κ2) is 6.49. The number of carbonyl (C=O) groups is 1. The second-order valence-corrected chi connectivity index (χ2v) is 3.87. The third-order valence-corrected chi connectivity index (χ3v) is 2.45. The van der Waals surface area contributed by atoms with Gasteiger partial charge in [-0.2, -0.15) is 11.8 Å². The maximum absolute atomic E-state index is 10.5. The molecule has 0 amide bonds. The summed E-state index contributed by atoms with van der Waals surface area (Å²) in [4.78, 5) is 10.5. The molecule has 76 valence electrons. The molecule has 1 rings (SSSR count). The van der Waals surface area contributed by atoms with E-state index in [2.05, 4.69) is 6.26 Å². The van der Waals surface area contributed by atoms with Crippen LogP contribution in [0.5, 0.6) is 5.75 Å². The Kier molecular flexibility index (Phi) is 5.15. The van der Waals surface area contributed by atoms with E-state index in [1.807, 2.05) is 23.9 Å². The number of benzene rings is 1. The summed E-state index contributed by atoms with van der Waals surface area (Å²) in [6, 6.07) is 7.22. The largest absolute Gasteiger partial charge is 0.494 e. The van der Waals surface area contributed by atoms with Crippen molar-refractivity contribution in [2.45, 2.75) is 6.42 Å². The Morgan fingerprint density at radius 1 is 1.50 bits per heavy atom. The average Bonchev–Trinajstić information content (AvgIpc) is 2.25. The van der Waals surface area contributed by atoms with Gasteiger partial charge >= 0.3 is 0 Å². The fourth-order valence-electron chi connectivity index (χ4n) is 1.07. The predicted octanol–water partition coefficient (Wildman–Crippen LogP) is 2.63. The molecule has 0 saturated carbocycles. The average molecular weight is 210 g/mol. The topological polar surface area (TPSA) is 26.3 Å². The molecule has 0 bridgehead atoms. The highest BCUT2D eigenvalue weighted by molar-refractivity contribution is 7.98. The van der Waals surface area contributed by atoms with Crippen molar-refractivity contribution >= 4 is 18.0 Å². The van der Waals surface area contributed by atoms with Gasteiger partial charge in [0, 0.05) is 5.56 Å². The van der Waals surface area contributed by atoms with Gasteiger partial charge in [-0.15, -0.1) is 0 Å². The lowest BCUT2D eigenvalue weighted by molar-refractivity contribution is 0.112. The highest BCUT2D eigenvalue weighted by Crippen LogP contribution is 2.12. The molecule has 0 unspecified atom stereocenters. The number of ether oxygens (including phenoxy) is 1. The van der Waals surface area contributed by atoms with Crippen molar-refractivity contribution in [1.82, 2.24) is 0 Å². The smallest absolute Gasteiger partial charge is 0.150 e. The summed E-state index contributed by atoms with van der Waals surface area (Å²) in [7, 11) is 0. The molecule has 0 spiro atoms. The van der Waals surface area contributed by atoms with Gasteiger partial charge in [0.25, 0.3) is 0 Å². The van der Waals surface area contributed by atoms with Gasteiger partial charge in [-0.3, -0.25) is 4.79 Å². The number of rotatable bonds is 6. The molecular formula is C11H14O2S. The van der Waals surface area contributed by atoms with Crippen molar-refractivity contribution in [3.63, 3.8) is 0 Å². The molecule has 0 radical (unpaired) electrons. The summed E-state index contributed by atoms with van der Waals surface area (Å²) in [6.07, 6.45) is 3.94. The maximum Gasteiger partial charge on any atom is 0.150 e. The molecule has 3 heteroatoms. The van der Waals surface area contributed by atoms with E-state index in [0.29, 0.717) is 12.2 Å². The van der Waals surface area contributed by atoms with Crippen LogP contribution in [0.15, 0.2) is 24.3 Å². The van der Waals surface area contributed by atoms with E-state index in [9.17, 15) is 4.79 Å². The molecule has 14 heavy (non-hydrogen) atoms. The molecule has 1 aromatic rings.